The minimum atomic E-state index is 0.621. The highest BCUT2D eigenvalue weighted by atomic mass is 32.1. The van der Waals surface area contributed by atoms with Crippen LogP contribution in [0.15, 0.2) is 24.5 Å². The van der Waals surface area contributed by atoms with Crippen LogP contribution in [0.4, 0.5) is 10.8 Å². The van der Waals surface area contributed by atoms with Crippen LogP contribution < -0.4 is 10.6 Å². The van der Waals surface area contributed by atoms with Gasteiger partial charge in [-0.3, -0.25) is 4.98 Å². The Bertz CT molecular complexity index is 559. The van der Waals surface area contributed by atoms with Gasteiger partial charge in [-0.05, 0) is 36.4 Å². The molecule has 1 aliphatic rings. The maximum atomic E-state index is 6.08. The number of nitrogens with two attached hydrogens (primary N) is 1. The van der Waals surface area contributed by atoms with Gasteiger partial charge >= 0.3 is 0 Å². The van der Waals surface area contributed by atoms with Crippen LogP contribution in [0.5, 0.6) is 0 Å². The Morgan fingerprint density at radius 3 is 2.85 bits per heavy atom. The van der Waals surface area contributed by atoms with Gasteiger partial charge in [0.25, 0.3) is 0 Å². The molecule has 20 heavy (non-hydrogen) atoms. The molecule has 2 N–H and O–H groups in total. The fourth-order valence-electron chi connectivity index (χ4n) is 2.84. The molecule has 0 saturated carbocycles. The summed E-state index contributed by atoms with van der Waals surface area (Å²) in [5, 5.41) is 1.20. The normalized spacial score (nSPS) is 16.6. The van der Waals surface area contributed by atoms with Crippen LogP contribution in [0.3, 0.4) is 0 Å². The zero-order valence-electron chi connectivity index (χ0n) is 11.7. The van der Waals surface area contributed by atoms with Crippen molar-refractivity contribution >= 4 is 22.4 Å². The van der Waals surface area contributed by atoms with Crippen molar-refractivity contribution in [3.63, 3.8) is 0 Å². The third kappa shape index (κ3) is 2.50. The average molecular weight is 288 g/mol. The van der Waals surface area contributed by atoms with E-state index in [1.807, 2.05) is 12.3 Å². The molecule has 2 aromatic heterocycles. The number of hydrogen-bond acceptors (Lipinski definition) is 5. The number of nitrogens with zero attached hydrogens (tertiary/aromatic N) is 3. The van der Waals surface area contributed by atoms with Crippen molar-refractivity contribution < 1.29 is 0 Å². The molecule has 1 aliphatic heterocycles. The Balaban J connectivity index is 1.88. The van der Waals surface area contributed by atoms with Crippen molar-refractivity contribution in [2.24, 2.45) is 5.92 Å². The van der Waals surface area contributed by atoms with E-state index in [4.69, 9.17) is 5.73 Å². The predicted molar refractivity (Wildman–Crippen MR) is 85.0 cm³/mol. The second-order valence-corrected chi connectivity index (χ2v) is 6.08. The lowest BCUT2D eigenvalue weighted by Crippen LogP contribution is -2.33. The first-order valence-electron chi connectivity index (χ1n) is 7.20. The van der Waals surface area contributed by atoms with Gasteiger partial charge in [-0.25, -0.2) is 0 Å². The van der Waals surface area contributed by atoms with Crippen molar-refractivity contribution in [3.05, 3.63) is 24.5 Å². The lowest BCUT2D eigenvalue weighted by molar-refractivity contribution is 0.396. The predicted octanol–water partition coefficient (Wildman–Crippen LogP) is 3.41. The van der Waals surface area contributed by atoms with Gasteiger partial charge < -0.3 is 10.6 Å². The topological polar surface area (TPSA) is 55.0 Å². The van der Waals surface area contributed by atoms with E-state index in [1.54, 1.807) is 6.20 Å². The third-order valence-corrected chi connectivity index (χ3v) is 5.05. The Kier molecular flexibility index (Phi) is 3.87. The maximum absolute atomic E-state index is 6.08. The highest BCUT2D eigenvalue weighted by Gasteiger charge is 2.23. The standard InChI is InChI=1S/C15H20N4S/c1-2-11-5-8-19(9-6-11)15-13(14(16)18-20-15)12-4-3-7-17-10-12/h3-4,7,10-11H,2,5-6,8-9H2,1H3,(H2,16,18). The summed E-state index contributed by atoms with van der Waals surface area (Å²) in [5.41, 5.74) is 8.19. The average Bonchev–Trinajstić information content (AvgIpc) is 2.90. The molecule has 0 bridgehead atoms. The van der Waals surface area contributed by atoms with Crippen molar-refractivity contribution in [1.82, 2.24) is 9.36 Å². The molecule has 4 nitrogen and oxygen atoms in total. The second kappa shape index (κ2) is 5.79. The molecule has 5 heteroatoms. The molecule has 0 radical (unpaired) electrons. The Morgan fingerprint density at radius 2 is 2.20 bits per heavy atom. The second-order valence-electron chi connectivity index (χ2n) is 5.33. The van der Waals surface area contributed by atoms with Crippen molar-refractivity contribution in [3.8, 4) is 11.1 Å². The SMILES string of the molecule is CCC1CCN(c2snc(N)c2-c2cccnc2)CC1. The van der Waals surface area contributed by atoms with Gasteiger partial charge in [0, 0.05) is 31.0 Å². The summed E-state index contributed by atoms with van der Waals surface area (Å²) in [4.78, 5) is 6.63. The van der Waals surface area contributed by atoms with Crippen molar-refractivity contribution in [2.45, 2.75) is 26.2 Å². The molecular formula is C15H20N4S. The molecule has 3 heterocycles. The van der Waals surface area contributed by atoms with E-state index in [-0.39, 0.29) is 0 Å². The lowest BCUT2D eigenvalue weighted by atomic mass is 9.94. The Hall–Kier alpha value is -1.62. The van der Waals surface area contributed by atoms with E-state index >= 15 is 0 Å². The van der Waals surface area contributed by atoms with Crippen LogP contribution in [0, 0.1) is 5.92 Å². The fourth-order valence-corrected chi connectivity index (χ4v) is 3.72. The number of piperidine rings is 1. The molecule has 106 valence electrons. The van der Waals surface area contributed by atoms with E-state index in [0.717, 1.165) is 30.1 Å². The fraction of sp³-hybridized carbons (Fsp3) is 0.467. The van der Waals surface area contributed by atoms with Crippen molar-refractivity contribution in [1.29, 1.82) is 0 Å². The number of pyridine rings is 1. The molecule has 0 atom stereocenters. The maximum Gasteiger partial charge on any atom is 0.147 e. The van der Waals surface area contributed by atoms with Gasteiger partial charge in [0.1, 0.15) is 10.8 Å². The lowest BCUT2D eigenvalue weighted by Gasteiger charge is -2.32. The first-order chi connectivity index (χ1) is 9.79. The molecular weight excluding hydrogens is 268 g/mol. The Labute approximate surface area is 123 Å². The van der Waals surface area contributed by atoms with E-state index in [9.17, 15) is 0 Å². The molecule has 1 fully saturated rings. The molecule has 0 aromatic carbocycles. The number of nitrogen functional groups attached to an aromatic ring is 1. The molecule has 0 amide bonds. The summed E-state index contributed by atoms with van der Waals surface area (Å²) in [6.07, 6.45) is 7.46. The minimum absolute atomic E-state index is 0.621. The zero-order valence-corrected chi connectivity index (χ0v) is 12.6. The molecule has 0 unspecified atom stereocenters. The van der Waals surface area contributed by atoms with Gasteiger partial charge in [-0.1, -0.05) is 19.4 Å². The number of rotatable bonds is 3. The van der Waals surface area contributed by atoms with E-state index in [1.165, 1.54) is 35.8 Å². The highest BCUT2D eigenvalue weighted by Crippen LogP contribution is 2.40. The molecule has 0 aliphatic carbocycles. The summed E-state index contributed by atoms with van der Waals surface area (Å²) in [7, 11) is 0. The zero-order chi connectivity index (χ0) is 13.9. The summed E-state index contributed by atoms with van der Waals surface area (Å²) in [6, 6.07) is 3.99. The summed E-state index contributed by atoms with van der Waals surface area (Å²) >= 11 is 1.51. The molecule has 3 rings (SSSR count). The molecule has 2 aromatic rings. The number of hydrogen-bond donors (Lipinski definition) is 1. The van der Waals surface area contributed by atoms with Crippen LogP contribution in [-0.4, -0.2) is 22.4 Å². The summed E-state index contributed by atoms with van der Waals surface area (Å²) in [6.45, 7) is 4.49. The Morgan fingerprint density at radius 1 is 1.40 bits per heavy atom. The van der Waals surface area contributed by atoms with Crippen LogP contribution in [0.25, 0.3) is 11.1 Å². The number of anilines is 2. The van der Waals surface area contributed by atoms with E-state index in [2.05, 4.69) is 27.2 Å². The monoisotopic (exact) mass is 288 g/mol. The minimum Gasteiger partial charge on any atom is -0.382 e. The van der Waals surface area contributed by atoms with Gasteiger partial charge in [-0.15, -0.1) is 0 Å². The van der Waals surface area contributed by atoms with Gasteiger partial charge in [0.05, 0.1) is 5.56 Å². The van der Waals surface area contributed by atoms with Gasteiger partial charge in [0.15, 0.2) is 0 Å². The van der Waals surface area contributed by atoms with E-state index in [0.29, 0.717) is 5.82 Å². The van der Waals surface area contributed by atoms with Crippen molar-refractivity contribution in [2.75, 3.05) is 23.7 Å². The summed E-state index contributed by atoms with van der Waals surface area (Å²) in [5.74, 6) is 1.49. The van der Waals surface area contributed by atoms with E-state index < -0.39 is 0 Å². The smallest absolute Gasteiger partial charge is 0.147 e. The number of aromatic nitrogens is 2. The van der Waals surface area contributed by atoms with Crippen LogP contribution in [0.1, 0.15) is 26.2 Å². The van der Waals surface area contributed by atoms with Gasteiger partial charge in [0.2, 0.25) is 0 Å². The van der Waals surface area contributed by atoms with Crippen LogP contribution >= 0.6 is 11.5 Å². The summed E-state index contributed by atoms with van der Waals surface area (Å²) < 4.78 is 4.36. The quantitative estimate of drug-likeness (QED) is 0.940. The van der Waals surface area contributed by atoms with Crippen LogP contribution in [-0.2, 0) is 0 Å². The first kappa shape index (κ1) is 13.4. The van der Waals surface area contributed by atoms with Crippen LogP contribution in [0.2, 0.25) is 0 Å². The molecule has 1 saturated heterocycles. The first-order valence-corrected chi connectivity index (χ1v) is 7.97. The third-order valence-electron chi connectivity index (χ3n) is 4.13. The highest BCUT2D eigenvalue weighted by molar-refractivity contribution is 7.11. The largest absolute Gasteiger partial charge is 0.382 e. The molecule has 0 spiro atoms. The van der Waals surface area contributed by atoms with Gasteiger partial charge in [-0.2, -0.15) is 4.37 Å².